The fourth-order valence-electron chi connectivity index (χ4n) is 3.43. The van der Waals surface area contributed by atoms with Gasteiger partial charge in [-0.3, -0.25) is 9.59 Å². The van der Waals surface area contributed by atoms with E-state index in [1.54, 1.807) is 36.5 Å². The number of pyridine rings is 1. The monoisotopic (exact) mass is 382 g/mol. The zero-order valence-electron chi connectivity index (χ0n) is 15.4. The van der Waals surface area contributed by atoms with E-state index in [0.29, 0.717) is 54.2 Å². The summed E-state index contributed by atoms with van der Waals surface area (Å²) in [6.45, 7) is 1.88. The average Bonchev–Trinajstić information content (AvgIpc) is 2.72. The summed E-state index contributed by atoms with van der Waals surface area (Å²) < 4.78 is 11.1. The Labute approximate surface area is 162 Å². The van der Waals surface area contributed by atoms with Crippen LogP contribution in [0.2, 0.25) is 0 Å². The van der Waals surface area contributed by atoms with Gasteiger partial charge in [0.2, 0.25) is 0 Å². The van der Waals surface area contributed by atoms with E-state index in [-0.39, 0.29) is 18.4 Å². The zero-order chi connectivity index (χ0) is 19.5. The number of amides is 2. The maximum Gasteiger partial charge on any atom is 0.262 e. The Morgan fingerprint density at radius 1 is 1.32 bits per heavy atom. The highest BCUT2D eigenvalue weighted by Crippen LogP contribution is 2.29. The molecule has 0 atom stereocenters. The predicted molar refractivity (Wildman–Crippen MR) is 103 cm³/mol. The number of nitrogens with one attached hydrogen (secondary N) is 1. The molecule has 2 aliphatic heterocycles. The van der Waals surface area contributed by atoms with E-state index >= 15 is 0 Å². The summed E-state index contributed by atoms with van der Waals surface area (Å²) in [5.41, 5.74) is 6.88. The summed E-state index contributed by atoms with van der Waals surface area (Å²) in [5, 5.41) is 2.74. The minimum absolute atomic E-state index is 0.000566. The molecule has 3 N–H and O–H groups in total. The maximum atomic E-state index is 12.8. The van der Waals surface area contributed by atoms with Gasteiger partial charge in [0.05, 0.1) is 12.3 Å². The van der Waals surface area contributed by atoms with Crippen molar-refractivity contribution in [1.29, 1.82) is 0 Å². The van der Waals surface area contributed by atoms with Crippen LogP contribution in [0.25, 0.3) is 0 Å². The molecule has 1 aromatic heterocycles. The molecule has 1 fully saturated rings. The van der Waals surface area contributed by atoms with Crippen molar-refractivity contribution in [1.82, 2.24) is 9.88 Å². The lowest BCUT2D eigenvalue weighted by molar-refractivity contribution is -0.118. The average molecular weight is 382 g/mol. The molecule has 2 amide bonds. The van der Waals surface area contributed by atoms with Crippen molar-refractivity contribution in [3.8, 4) is 11.5 Å². The van der Waals surface area contributed by atoms with Gasteiger partial charge in [-0.2, -0.15) is 0 Å². The molecule has 4 rings (SSSR count). The van der Waals surface area contributed by atoms with E-state index in [1.807, 2.05) is 4.90 Å². The predicted octanol–water partition coefficient (Wildman–Crippen LogP) is 1.93. The van der Waals surface area contributed by atoms with Crippen molar-refractivity contribution >= 4 is 23.3 Å². The minimum Gasteiger partial charge on any atom is -0.489 e. The lowest BCUT2D eigenvalue weighted by atomic mass is 9.97. The van der Waals surface area contributed by atoms with Crippen LogP contribution in [0.3, 0.4) is 0 Å². The molecule has 0 spiro atoms. The number of likely N-dealkylation sites (tertiary alicyclic amines) is 1. The second-order valence-electron chi connectivity index (χ2n) is 6.98. The van der Waals surface area contributed by atoms with Gasteiger partial charge < -0.3 is 25.4 Å². The number of piperidine rings is 1. The van der Waals surface area contributed by atoms with Crippen molar-refractivity contribution in [3.05, 3.63) is 42.1 Å². The zero-order valence-corrected chi connectivity index (χ0v) is 15.4. The fraction of sp³-hybridized carbons (Fsp3) is 0.350. The van der Waals surface area contributed by atoms with Crippen molar-refractivity contribution < 1.29 is 19.1 Å². The summed E-state index contributed by atoms with van der Waals surface area (Å²) in [6.07, 6.45) is 3.35. The van der Waals surface area contributed by atoms with Gasteiger partial charge in [-0.05, 0) is 49.1 Å². The van der Waals surface area contributed by atoms with Crippen molar-refractivity contribution in [2.75, 3.05) is 37.4 Å². The van der Waals surface area contributed by atoms with Crippen LogP contribution in [0.15, 0.2) is 36.5 Å². The van der Waals surface area contributed by atoms with Gasteiger partial charge in [-0.1, -0.05) is 0 Å². The van der Waals surface area contributed by atoms with E-state index in [9.17, 15) is 9.59 Å². The van der Waals surface area contributed by atoms with Crippen LogP contribution >= 0.6 is 0 Å². The SMILES string of the molecule is Nc1ncccc1OCC1CCN(C(=O)c2ccc3c(c2)NC(=O)CO3)CC1. The number of hydrogen-bond donors (Lipinski definition) is 2. The normalized spacial score (nSPS) is 16.7. The number of hydrogen-bond acceptors (Lipinski definition) is 6. The first-order chi connectivity index (χ1) is 13.6. The first-order valence-corrected chi connectivity index (χ1v) is 9.29. The summed E-state index contributed by atoms with van der Waals surface area (Å²) in [7, 11) is 0. The van der Waals surface area contributed by atoms with Crippen LogP contribution in [0.5, 0.6) is 11.5 Å². The number of carbonyl (C=O) groups excluding carboxylic acids is 2. The number of anilines is 2. The third-order valence-corrected chi connectivity index (χ3v) is 5.04. The van der Waals surface area contributed by atoms with Crippen LogP contribution in [-0.4, -0.2) is 48.0 Å². The Kier molecular flexibility index (Phi) is 5.01. The summed E-state index contributed by atoms with van der Waals surface area (Å²) >= 11 is 0. The smallest absolute Gasteiger partial charge is 0.262 e. The molecule has 2 aromatic rings. The van der Waals surface area contributed by atoms with E-state index < -0.39 is 0 Å². The van der Waals surface area contributed by atoms with Gasteiger partial charge in [-0.15, -0.1) is 0 Å². The van der Waals surface area contributed by atoms with Gasteiger partial charge in [-0.25, -0.2) is 4.98 Å². The van der Waals surface area contributed by atoms with Crippen LogP contribution in [0, 0.1) is 5.92 Å². The number of carbonyl (C=O) groups is 2. The molecule has 0 aliphatic carbocycles. The Bertz CT molecular complexity index is 894. The Balaban J connectivity index is 1.32. The lowest BCUT2D eigenvalue weighted by Crippen LogP contribution is -2.39. The first-order valence-electron chi connectivity index (χ1n) is 9.29. The Hall–Kier alpha value is -3.29. The first kappa shape index (κ1) is 18.1. The van der Waals surface area contributed by atoms with Gasteiger partial charge in [0.25, 0.3) is 11.8 Å². The highest BCUT2D eigenvalue weighted by molar-refractivity contribution is 5.99. The molecule has 8 heteroatoms. The third kappa shape index (κ3) is 3.85. The molecule has 0 saturated carbocycles. The molecule has 8 nitrogen and oxygen atoms in total. The van der Waals surface area contributed by atoms with E-state index in [0.717, 1.165) is 12.8 Å². The standard InChI is InChI=1S/C20H22N4O4/c21-19-17(2-1-7-22-19)27-11-13-5-8-24(9-6-13)20(26)14-3-4-16-15(10-14)23-18(25)12-28-16/h1-4,7,10,13H,5-6,8-9,11-12H2,(H2,21,22)(H,23,25). The number of nitrogens with two attached hydrogens (primary N) is 1. The topological polar surface area (TPSA) is 107 Å². The Morgan fingerprint density at radius 3 is 2.93 bits per heavy atom. The quantitative estimate of drug-likeness (QED) is 0.837. The lowest BCUT2D eigenvalue weighted by Gasteiger charge is -2.32. The summed E-state index contributed by atoms with van der Waals surface area (Å²) in [6, 6.07) is 8.73. The highest BCUT2D eigenvalue weighted by atomic mass is 16.5. The van der Waals surface area contributed by atoms with Crippen molar-refractivity contribution in [2.45, 2.75) is 12.8 Å². The molecular formula is C20H22N4O4. The minimum atomic E-state index is -0.216. The molecular weight excluding hydrogens is 360 g/mol. The van der Waals surface area contributed by atoms with Crippen LogP contribution in [0.1, 0.15) is 23.2 Å². The van der Waals surface area contributed by atoms with Gasteiger partial charge in [0.1, 0.15) is 5.75 Å². The van der Waals surface area contributed by atoms with Crippen LogP contribution in [-0.2, 0) is 4.79 Å². The van der Waals surface area contributed by atoms with Crippen molar-refractivity contribution in [3.63, 3.8) is 0 Å². The third-order valence-electron chi connectivity index (χ3n) is 5.04. The van der Waals surface area contributed by atoms with Gasteiger partial charge >= 0.3 is 0 Å². The van der Waals surface area contributed by atoms with Gasteiger partial charge in [0, 0.05) is 24.8 Å². The number of ether oxygens (including phenoxy) is 2. The number of aromatic nitrogens is 1. The van der Waals surface area contributed by atoms with E-state index in [4.69, 9.17) is 15.2 Å². The largest absolute Gasteiger partial charge is 0.489 e. The van der Waals surface area contributed by atoms with Crippen molar-refractivity contribution in [2.24, 2.45) is 5.92 Å². The maximum absolute atomic E-state index is 12.8. The molecule has 0 radical (unpaired) electrons. The molecule has 0 unspecified atom stereocenters. The highest BCUT2D eigenvalue weighted by Gasteiger charge is 2.25. The summed E-state index contributed by atoms with van der Waals surface area (Å²) in [5.74, 6) is 1.67. The number of nitrogen functional groups attached to an aromatic ring is 1. The summed E-state index contributed by atoms with van der Waals surface area (Å²) in [4.78, 5) is 30.1. The van der Waals surface area contributed by atoms with Crippen LogP contribution in [0.4, 0.5) is 11.5 Å². The molecule has 146 valence electrons. The van der Waals surface area contributed by atoms with Crippen LogP contribution < -0.4 is 20.5 Å². The second-order valence-corrected chi connectivity index (χ2v) is 6.98. The Morgan fingerprint density at radius 2 is 2.14 bits per heavy atom. The fourth-order valence-corrected chi connectivity index (χ4v) is 3.43. The second kappa shape index (κ2) is 7.75. The molecule has 0 bridgehead atoms. The molecule has 2 aliphatic rings. The van der Waals surface area contributed by atoms with E-state index in [2.05, 4.69) is 10.3 Å². The van der Waals surface area contributed by atoms with E-state index in [1.165, 1.54) is 0 Å². The number of rotatable bonds is 4. The number of nitrogens with zero attached hydrogens (tertiary/aromatic N) is 2. The number of benzene rings is 1. The number of fused-ring (bicyclic) bond motifs is 1. The molecule has 1 saturated heterocycles. The molecule has 28 heavy (non-hydrogen) atoms. The van der Waals surface area contributed by atoms with Gasteiger partial charge in [0.15, 0.2) is 18.2 Å². The molecule has 3 heterocycles. The molecule has 1 aromatic carbocycles.